The molecule has 1 N–H and O–H groups in total. The highest BCUT2D eigenvalue weighted by Gasteiger charge is 2.23. The summed E-state index contributed by atoms with van der Waals surface area (Å²) in [4.78, 5) is 13.7. The number of ether oxygens (including phenoxy) is 1. The van der Waals surface area contributed by atoms with Gasteiger partial charge in [0.2, 0.25) is 0 Å². The number of esters is 1. The van der Waals surface area contributed by atoms with Gasteiger partial charge < -0.3 is 9.84 Å². The number of aryl methyl sites for hydroxylation is 1. The van der Waals surface area contributed by atoms with Crippen LogP contribution < -0.4 is 0 Å². The largest absolute Gasteiger partial charge is 0.505 e. The van der Waals surface area contributed by atoms with Crippen molar-refractivity contribution in [1.29, 1.82) is 0 Å². The van der Waals surface area contributed by atoms with Gasteiger partial charge in [0.25, 0.3) is 0 Å². The van der Waals surface area contributed by atoms with Gasteiger partial charge in [0.05, 0.1) is 6.42 Å². The number of aromatic hydroxyl groups is 1. The number of fused-ring (bicyclic) bond motifs is 1. The minimum absolute atomic E-state index is 0.0671. The molecule has 0 aliphatic carbocycles. The van der Waals surface area contributed by atoms with Gasteiger partial charge in [0.15, 0.2) is 0 Å². The Balaban J connectivity index is 1.58. The molecule has 0 amide bonds. The number of carbonyl (C=O) groups excluding carboxylic acids is 1. The van der Waals surface area contributed by atoms with Gasteiger partial charge in [-0.05, 0) is 83.0 Å². The summed E-state index contributed by atoms with van der Waals surface area (Å²) in [6, 6.07) is 11.1. The van der Waals surface area contributed by atoms with Crippen molar-refractivity contribution < 1.29 is 14.6 Å². The number of hydrogen-bond acceptors (Lipinski definition) is 5. The number of phenols is 1. The second kappa shape index (κ2) is 15.7. The summed E-state index contributed by atoms with van der Waals surface area (Å²) in [6.07, 6.45) is 7.63. The normalized spacial score (nSPS) is 8.60. The van der Waals surface area contributed by atoms with Crippen LogP contribution in [0.15, 0.2) is 36.4 Å². The standard InChI is InChI=1S/C37H21N3O3/c1-5-6-7-8-9-10-11-12-13-14-15-16-17-18-19-22-27-43-35(41)26-25-30-28-31(37(2,3)4)36(42)34(29-30)40-38-32-23-20-21-24-33(32)39-40/h1,20-21,23-24,28-29,42H,25-26H2,2-4H3. The summed E-state index contributed by atoms with van der Waals surface area (Å²) < 4.78 is 4.94. The molecule has 0 spiro atoms. The van der Waals surface area contributed by atoms with E-state index in [1.807, 2.05) is 51.1 Å². The molecule has 0 bridgehead atoms. The maximum absolute atomic E-state index is 12.3. The molecule has 0 radical (unpaired) electrons. The maximum Gasteiger partial charge on any atom is 0.320 e. The second-order valence-electron chi connectivity index (χ2n) is 9.33. The third-order valence-corrected chi connectivity index (χ3v) is 5.24. The van der Waals surface area contributed by atoms with E-state index in [2.05, 4.69) is 111 Å². The molecule has 2 aromatic carbocycles. The fraction of sp³-hybridized carbons (Fsp3) is 0.162. The van der Waals surface area contributed by atoms with Gasteiger partial charge in [-0.15, -0.1) is 21.4 Å². The highest BCUT2D eigenvalue weighted by molar-refractivity contribution is 5.74. The van der Waals surface area contributed by atoms with Crippen LogP contribution in [0.2, 0.25) is 0 Å². The van der Waals surface area contributed by atoms with Crippen molar-refractivity contribution in [1.82, 2.24) is 15.0 Å². The molecule has 6 nitrogen and oxygen atoms in total. The Morgan fingerprint density at radius 1 is 0.814 bits per heavy atom. The molecule has 3 rings (SSSR count). The average Bonchev–Trinajstić information content (AvgIpc) is 3.42. The molecule has 0 fully saturated rings. The first-order valence-corrected chi connectivity index (χ1v) is 12.6. The fourth-order valence-electron chi connectivity index (χ4n) is 3.36. The van der Waals surface area contributed by atoms with E-state index in [-0.39, 0.29) is 17.6 Å². The van der Waals surface area contributed by atoms with Gasteiger partial charge in [-0.1, -0.05) is 39.0 Å². The molecule has 6 heteroatoms. The van der Waals surface area contributed by atoms with Crippen molar-refractivity contribution in [2.24, 2.45) is 0 Å². The van der Waals surface area contributed by atoms with Gasteiger partial charge in [0.1, 0.15) is 28.6 Å². The van der Waals surface area contributed by atoms with E-state index in [0.717, 1.165) is 5.56 Å². The molecule has 0 saturated heterocycles. The molecular weight excluding hydrogens is 534 g/mol. The highest BCUT2D eigenvalue weighted by atomic mass is 16.5. The van der Waals surface area contributed by atoms with Crippen LogP contribution in [0.4, 0.5) is 0 Å². The topological polar surface area (TPSA) is 77.2 Å². The molecule has 0 aliphatic rings. The third-order valence-electron chi connectivity index (χ3n) is 5.24. The van der Waals surface area contributed by atoms with Gasteiger partial charge in [-0.25, -0.2) is 0 Å². The van der Waals surface area contributed by atoms with E-state index in [1.54, 1.807) is 6.07 Å². The summed E-state index contributed by atoms with van der Waals surface area (Å²) in [5.41, 5.74) is 3.01. The molecular formula is C37H21N3O3. The summed E-state index contributed by atoms with van der Waals surface area (Å²) in [5.74, 6) is 38.5. The molecule has 202 valence electrons. The molecule has 1 heterocycles. The SMILES string of the molecule is C#CC#CC#CC#CC#CC#CC#CC#CC#COC(=O)CCc1cc(-n2nc3ccccc3n2)c(O)c(C(C)(C)C)c1. The van der Waals surface area contributed by atoms with E-state index in [1.165, 1.54) is 4.80 Å². The highest BCUT2D eigenvalue weighted by Crippen LogP contribution is 2.36. The fourth-order valence-corrected chi connectivity index (χ4v) is 3.36. The van der Waals surface area contributed by atoms with E-state index in [0.29, 0.717) is 28.7 Å². The van der Waals surface area contributed by atoms with Crippen LogP contribution >= 0.6 is 0 Å². The van der Waals surface area contributed by atoms with Crippen LogP contribution in [0.3, 0.4) is 0 Å². The number of terminal acetylenes is 1. The summed E-state index contributed by atoms with van der Waals surface area (Å²) in [6.45, 7) is 5.98. The van der Waals surface area contributed by atoms with Crippen LogP contribution in [-0.4, -0.2) is 26.1 Å². The molecule has 1 aromatic heterocycles. The van der Waals surface area contributed by atoms with E-state index in [4.69, 9.17) is 11.2 Å². The number of nitrogens with zero attached hydrogens (tertiary/aromatic N) is 3. The van der Waals surface area contributed by atoms with Crippen molar-refractivity contribution in [3.05, 3.63) is 47.5 Å². The van der Waals surface area contributed by atoms with E-state index >= 15 is 0 Å². The Morgan fingerprint density at radius 3 is 1.79 bits per heavy atom. The van der Waals surface area contributed by atoms with Crippen LogP contribution in [0.25, 0.3) is 16.7 Å². The Bertz CT molecular complexity index is 2100. The molecule has 0 aliphatic heterocycles. The number of phenolic OH excluding ortho intramolecular Hbond substituents is 1. The summed E-state index contributed by atoms with van der Waals surface area (Å²) >= 11 is 0. The van der Waals surface area contributed by atoms with Crippen molar-refractivity contribution in [3.8, 4) is 119 Å². The van der Waals surface area contributed by atoms with E-state index in [9.17, 15) is 9.90 Å². The lowest BCUT2D eigenvalue weighted by molar-refractivity contribution is -0.136. The van der Waals surface area contributed by atoms with Crippen molar-refractivity contribution in [3.63, 3.8) is 0 Å². The molecule has 43 heavy (non-hydrogen) atoms. The first kappa shape index (κ1) is 30.7. The Hall–Kier alpha value is -6.85. The number of benzene rings is 2. The lowest BCUT2D eigenvalue weighted by atomic mass is 9.84. The van der Waals surface area contributed by atoms with Gasteiger partial charge in [0, 0.05) is 52.9 Å². The Morgan fingerprint density at radius 2 is 1.30 bits per heavy atom. The summed E-state index contributed by atoms with van der Waals surface area (Å²) in [7, 11) is 0. The first-order valence-electron chi connectivity index (χ1n) is 12.6. The van der Waals surface area contributed by atoms with Crippen LogP contribution in [-0.2, 0) is 21.4 Å². The Labute approximate surface area is 251 Å². The van der Waals surface area contributed by atoms with E-state index < -0.39 is 5.97 Å². The quantitative estimate of drug-likeness (QED) is 0.394. The van der Waals surface area contributed by atoms with Crippen molar-refractivity contribution in [2.75, 3.05) is 0 Å². The first-order chi connectivity index (χ1) is 20.8. The predicted molar refractivity (Wildman–Crippen MR) is 165 cm³/mol. The Kier molecular flexibility index (Phi) is 11.2. The second-order valence-corrected chi connectivity index (χ2v) is 9.33. The summed E-state index contributed by atoms with van der Waals surface area (Å²) in [5, 5.41) is 20.0. The molecule has 0 atom stereocenters. The number of carbonyl (C=O) groups is 1. The number of hydrogen-bond donors (Lipinski definition) is 1. The van der Waals surface area contributed by atoms with Gasteiger partial charge in [-0.3, -0.25) is 4.79 Å². The number of rotatable bonds is 4. The lowest BCUT2D eigenvalue weighted by Crippen LogP contribution is -2.14. The zero-order chi connectivity index (χ0) is 30.9. The molecule has 0 saturated carbocycles. The number of aromatic nitrogens is 3. The average molecular weight is 556 g/mol. The smallest absolute Gasteiger partial charge is 0.320 e. The maximum atomic E-state index is 12.3. The van der Waals surface area contributed by atoms with Gasteiger partial charge in [-0.2, -0.15) is 0 Å². The van der Waals surface area contributed by atoms with Crippen molar-refractivity contribution >= 4 is 17.0 Å². The molecule has 0 unspecified atom stereocenters. The minimum atomic E-state index is -0.519. The van der Waals surface area contributed by atoms with Crippen LogP contribution in [0.1, 0.15) is 38.3 Å². The van der Waals surface area contributed by atoms with Crippen molar-refractivity contribution in [2.45, 2.75) is 39.0 Å². The zero-order valence-corrected chi connectivity index (χ0v) is 23.6. The minimum Gasteiger partial charge on any atom is -0.505 e. The van der Waals surface area contributed by atoms with Crippen LogP contribution in [0.5, 0.6) is 5.75 Å². The van der Waals surface area contributed by atoms with Gasteiger partial charge >= 0.3 is 5.97 Å². The van der Waals surface area contributed by atoms with Crippen LogP contribution in [0, 0.1) is 107 Å². The monoisotopic (exact) mass is 555 g/mol. The predicted octanol–water partition coefficient (Wildman–Crippen LogP) is 3.52. The lowest BCUT2D eigenvalue weighted by Gasteiger charge is -2.23. The molecule has 3 aromatic rings. The zero-order valence-electron chi connectivity index (χ0n) is 23.6. The third kappa shape index (κ3) is 10.0.